The average molecular weight is 588 g/mol. The number of rotatable bonds is 13. The first kappa shape index (κ1) is 30.1. The van der Waals surface area contributed by atoms with Crippen LogP contribution in [-0.2, 0) is 27.5 Å². The molecule has 0 saturated carbocycles. The lowest BCUT2D eigenvalue weighted by atomic mass is 9.65. The second kappa shape index (κ2) is 12.9. The van der Waals surface area contributed by atoms with Crippen molar-refractivity contribution in [2.24, 2.45) is 17.8 Å². The monoisotopic (exact) mass is 587 g/mol. The molecule has 2 bridgehead atoms. The standard InChI is InChI=1S/C34H41N3O4S/c1-4-17-35(22-25-13-8-6-9-14-25)31(39)28-27-21-24(3)34(42-27)29(28)32(40)37(19-12-20-38)30(34)33(41)36(18-5-2)23-26-15-10-7-11-16-26/h4-11,13-16,24,27-30,38H,1-2,12,17-23H2,3H3/t24?,27-,28+,29+,30?,34?/m1/s1. The van der Waals surface area contributed by atoms with Crippen LogP contribution in [0.15, 0.2) is 86.0 Å². The summed E-state index contributed by atoms with van der Waals surface area (Å²) in [5.41, 5.74) is 2.02. The number of hydrogen-bond donors (Lipinski definition) is 1. The van der Waals surface area contributed by atoms with Gasteiger partial charge in [-0.3, -0.25) is 14.4 Å². The molecule has 3 unspecified atom stereocenters. The number of thioether (sulfide) groups is 1. The van der Waals surface area contributed by atoms with Crippen molar-refractivity contribution in [3.05, 3.63) is 97.1 Å². The molecule has 8 heteroatoms. The van der Waals surface area contributed by atoms with Gasteiger partial charge >= 0.3 is 0 Å². The highest BCUT2D eigenvalue weighted by atomic mass is 32.2. The summed E-state index contributed by atoms with van der Waals surface area (Å²) in [6, 6.07) is 19.0. The van der Waals surface area contributed by atoms with Crippen molar-refractivity contribution in [3.63, 3.8) is 0 Å². The van der Waals surface area contributed by atoms with E-state index in [0.717, 1.165) is 17.5 Å². The van der Waals surface area contributed by atoms with E-state index in [1.165, 1.54) is 0 Å². The maximum atomic E-state index is 14.6. The van der Waals surface area contributed by atoms with E-state index >= 15 is 0 Å². The number of aliphatic hydroxyl groups is 1. The molecule has 3 aliphatic heterocycles. The fourth-order valence-corrected chi connectivity index (χ4v) is 9.74. The number of carbonyl (C=O) groups is 3. The third kappa shape index (κ3) is 5.31. The highest BCUT2D eigenvalue weighted by molar-refractivity contribution is 8.02. The third-order valence-electron chi connectivity index (χ3n) is 9.08. The number of hydrogen-bond acceptors (Lipinski definition) is 5. The Hall–Kier alpha value is -3.36. The van der Waals surface area contributed by atoms with E-state index in [9.17, 15) is 19.5 Å². The predicted octanol–water partition coefficient (Wildman–Crippen LogP) is 4.14. The van der Waals surface area contributed by atoms with Crippen LogP contribution in [-0.4, -0.2) is 79.8 Å². The van der Waals surface area contributed by atoms with Crippen molar-refractivity contribution < 1.29 is 19.5 Å². The van der Waals surface area contributed by atoms with Gasteiger partial charge < -0.3 is 19.8 Å². The second-order valence-corrected chi connectivity index (χ2v) is 13.2. The maximum absolute atomic E-state index is 14.6. The number of benzene rings is 2. The number of carbonyl (C=O) groups excluding carboxylic acids is 3. The molecule has 2 aromatic rings. The molecule has 3 fully saturated rings. The van der Waals surface area contributed by atoms with Crippen LogP contribution in [0.2, 0.25) is 0 Å². The van der Waals surface area contributed by atoms with Crippen LogP contribution in [0.4, 0.5) is 0 Å². The zero-order chi connectivity index (χ0) is 29.9. The van der Waals surface area contributed by atoms with Crippen LogP contribution in [0, 0.1) is 17.8 Å². The Bertz CT molecular complexity index is 1300. The Morgan fingerprint density at radius 3 is 2.05 bits per heavy atom. The molecule has 1 N–H and O–H groups in total. The topological polar surface area (TPSA) is 81.2 Å². The number of nitrogens with zero attached hydrogens (tertiary/aromatic N) is 3. The molecule has 0 aromatic heterocycles. The molecule has 222 valence electrons. The number of likely N-dealkylation sites (tertiary alicyclic amines) is 1. The van der Waals surface area contributed by atoms with E-state index in [0.29, 0.717) is 32.6 Å². The van der Waals surface area contributed by atoms with Gasteiger partial charge in [0.05, 0.1) is 16.6 Å². The van der Waals surface area contributed by atoms with Crippen LogP contribution in [0.3, 0.4) is 0 Å². The van der Waals surface area contributed by atoms with Crippen molar-refractivity contribution in [2.75, 3.05) is 26.2 Å². The van der Waals surface area contributed by atoms with E-state index in [1.807, 2.05) is 60.7 Å². The number of aliphatic hydroxyl groups excluding tert-OH is 1. The lowest BCUT2D eigenvalue weighted by molar-refractivity contribution is -0.145. The molecule has 3 heterocycles. The van der Waals surface area contributed by atoms with Crippen molar-refractivity contribution in [1.29, 1.82) is 0 Å². The van der Waals surface area contributed by atoms with Gasteiger partial charge in [0.1, 0.15) is 6.04 Å². The molecule has 3 saturated heterocycles. The Kier molecular flexibility index (Phi) is 9.23. The minimum absolute atomic E-state index is 0.0400. The fraction of sp³-hybridized carbons (Fsp3) is 0.441. The van der Waals surface area contributed by atoms with E-state index in [1.54, 1.807) is 38.6 Å². The van der Waals surface area contributed by atoms with Gasteiger partial charge in [-0.2, -0.15) is 0 Å². The smallest absolute Gasteiger partial charge is 0.247 e. The minimum atomic E-state index is -0.713. The summed E-state index contributed by atoms with van der Waals surface area (Å²) in [4.78, 5) is 48.6. The van der Waals surface area contributed by atoms with Crippen molar-refractivity contribution in [1.82, 2.24) is 14.7 Å². The van der Waals surface area contributed by atoms with Gasteiger partial charge in [-0.05, 0) is 29.9 Å². The summed E-state index contributed by atoms with van der Waals surface area (Å²) in [5.74, 6) is -1.35. The maximum Gasteiger partial charge on any atom is 0.247 e. The van der Waals surface area contributed by atoms with Crippen LogP contribution in [0.1, 0.15) is 30.9 Å². The highest BCUT2D eigenvalue weighted by Gasteiger charge is 2.76. The first-order valence-electron chi connectivity index (χ1n) is 14.8. The Morgan fingerprint density at radius 1 is 0.976 bits per heavy atom. The summed E-state index contributed by atoms with van der Waals surface area (Å²) in [7, 11) is 0. The van der Waals surface area contributed by atoms with Crippen LogP contribution in [0.5, 0.6) is 0 Å². The zero-order valence-electron chi connectivity index (χ0n) is 24.3. The van der Waals surface area contributed by atoms with Crippen molar-refractivity contribution in [2.45, 2.75) is 48.9 Å². The van der Waals surface area contributed by atoms with Crippen LogP contribution < -0.4 is 0 Å². The SMILES string of the molecule is C=CCN(Cc1ccccc1)C(=O)C1N(CCCO)C(=O)[C@@H]2[C@@H](C(=O)N(CC=C)Cc3ccccc3)[C@H]3CC(C)C12S3. The minimum Gasteiger partial charge on any atom is -0.396 e. The molecule has 0 radical (unpaired) electrons. The molecule has 1 spiro atoms. The first-order chi connectivity index (χ1) is 20.4. The van der Waals surface area contributed by atoms with Crippen LogP contribution >= 0.6 is 11.8 Å². The van der Waals surface area contributed by atoms with Gasteiger partial charge in [0, 0.05) is 44.6 Å². The lowest BCUT2D eigenvalue weighted by Crippen LogP contribution is -2.57. The van der Waals surface area contributed by atoms with Gasteiger partial charge in [-0.1, -0.05) is 79.7 Å². The quantitative estimate of drug-likeness (QED) is 0.357. The highest BCUT2D eigenvalue weighted by Crippen LogP contribution is 2.69. The van der Waals surface area contributed by atoms with Gasteiger partial charge in [0.2, 0.25) is 17.7 Å². The molecule has 3 amide bonds. The van der Waals surface area contributed by atoms with E-state index < -0.39 is 22.6 Å². The second-order valence-electron chi connectivity index (χ2n) is 11.6. The lowest BCUT2D eigenvalue weighted by Gasteiger charge is -2.41. The van der Waals surface area contributed by atoms with E-state index in [-0.39, 0.29) is 42.0 Å². The summed E-state index contributed by atoms with van der Waals surface area (Å²) in [6.07, 6.45) is 4.59. The summed E-state index contributed by atoms with van der Waals surface area (Å²) in [6.45, 7) is 11.7. The zero-order valence-corrected chi connectivity index (χ0v) is 25.1. The molecule has 6 atom stereocenters. The first-order valence-corrected chi connectivity index (χ1v) is 15.7. The average Bonchev–Trinajstić information content (AvgIpc) is 3.59. The van der Waals surface area contributed by atoms with Crippen molar-refractivity contribution >= 4 is 29.5 Å². The van der Waals surface area contributed by atoms with E-state index in [4.69, 9.17) is 0 Å². The summed E-state index contributed by atoms with van der Waals surface area (Å²) < 4.78 is -0.711. The van der Waals surface area contributed by atoms with Crippen LogP contribution in [0.25, 0.3) is 0 Å². The molecule has 3 aliphatic rings. The fourth-order valence-electron chi connectivity index (χ4n) is 7.33. The molecular weight excluding hydrogens is 546 g/mol. The third-order valence-corrected chi connectivity index (χ3v) is 11.2. The van der Waals surface area contributed by atoms with Gasteiger partial charge in [0.15, 0.2) is 0 Å². The largest absolute Gasteiger partial charge is 0.396 e. The Balaban J connectivity index is 1.51. The molecule has 5 rings (SSSR count). The van der Waals surface area contributed by atoms with Gasteiger partial charge in [-0.15, -0.1) is 24.9 Å². The normalized spacial score (nSPS) is 27.5. The molecule has 7 nitrogen and oxygen atoms in total. The van der Waals surface area contributed by atoms with Gasteiger partial charge in [-0.25, -0.2) is 0 Å². The van der Waals surface area contributed by atoms with Crippen molar-refractivity contribution in [3.8, 4) is 0 Å². The Labute approximate surface area is 253 Å². The summed E-state index contributed by atoms with van der Waals surface area (Å²) >= 11 is 1.68. The number of fused-ring (bicyclic) bond motifs is 1. The van der Waals surface area contributed by atoms with E-state index in [2.05, 4.69) is 20.1 Å². The summed E-state index contributed by atoms with van der Waals surface area (Å²) in [5, 5.41) is 9.66. The molecule has 42 heavy (non-hydrogen) atoms. The molecular formula is C34H41N3O4S. The Morgan fingerprint density at radius 2 is 1.52 bits per heavy atom. The molecule has 2 aromatic carbocycles. The number of amides is 3. The van der Waals surface area contributed by atoms with Gasteiger partial charge in [0.25, 0.3) is 0 Å². The molecule has 0 aliphatic carbocycles. The predicted molar refractivity (Wildman–Crippen MR) is 166 cm³/mol.